The van der Waals surface area contributed by atoms with Gasteiger partial charge in [0.1, 0.15) is 10.8 Å². The predicted octanol–water partition coefficient (Wildman–Crippen LogP) is 4.67. The van der Waals surface area contributed by atoms with Gasteiger partial charge in [-0.05, 0) is 24.3 Å². The Morgan fingerprint density at radius 1 is 1.14 bits per heavy atom. The minimum absolute atomic E-state index is 0.0684. The normalized spacial score (nSPS) is 10.8. The Balaban J connectivity index is 1.23. The molecule has 0 aliphatic heterocycles. The Labute approximate surface area is 179 Å². The third kappa shape index (κ3) is 5.89. The van der Waals surface area contributed by atoms with Gasteiger partial charge in [0.05, 0.1) is 24.9 Å². The van der Waals surface area contributed by atoms with Crippen LogP contribution in [0.2, 0.25) is 0 Å². The molecule has 0 bridgehead atoms. The Kier molecular flexibility index (Phi) is 6.55. The lowest BCUT2D eigenvalue weighted by Crippen LogP contribution is -2.14. The van der Waals surface area contributed by atoms with Crippen LogP contribution >= 0.6 is 34.4 Å². The largest absolute Gasteiger partial charge is 0.467 e. The summed E-state index contributed by atoms with van der Waals surface area (Å²) in [5.74, 6) is 1.46. The smallest absolute Gasteiger partial charge is 0.231 e. The van der Waals surface area contributed by atoms with Crippen LogP contribution in [0.5, 0.6) is 0 Å². The molecule has 2 N–H and O–H groups in total. The van der Waals surface area contributed by atoms with Gasteiger partial charge in [-0.2, -0.15) is 0 Å². The molecule has 0 spiro atoms. The summed E-state index contributed by atoms with van der Waals surface area (Å²) in [5.41, 5.74) is 1.72. The predicted molar refractivity (Wildman–Crippen MR) is 116 cm³/mol. The summed E-state index contributed by atoms with van der Waals surface area (Å²) in [6, 6.07) is 13.2. The van der Waals surface area contributed by atoms with Crippen LogP contribution in [0.1, 0.15) is 16.5 Å². The number of amides is 1. The molecule has 1 aromatic carbocycles. The van der Waals surface area contributed by atoms with E-state index in [9.17, 15) is 4.79 Å². The maximum atomic E-state index is 12.1. The first-order chi connectivity index (χ1) is 14.2. The third-order valence-corrected chi connectivity index (χ3v) is 6.66. The highest BCUT2D eigenvalue weighted by atomic mass is 32.2. The van der Waals surface area contributed by atoms with Crippen molar-refractivity contribution in [1.29, 1.82) is 0 Å². The first kappa shape index (κ1) is 19.6. The number of nitrogens with one attached hydrogen (secondary N) is 2. The van der Waals surface area contributed by atoms with Crippen LogP contribution in [0.3, 0.4) is 0 Å². The summed E-state index contributed by atoms with van der Waals surface area (Å²) < 4.78 is 6.15. The summed E-state index contributed by atoms with van der Waals surface area (Å²) in [6.45, 7) is 0.576. The van der Waals surface area contributed by atoms with Gasteiger partial charge < -0.3 is 15.1 Å². The zero-order valence-corrected chi connectivity index (χ0v) is 17.6. The van der Waals surface area contributed by atoms with E-state index in [1.807, 2.05) is 47.8 Å². The standard InChI is InChI=1S/C19H17N5O2S3/c25-16(21-13-5-2-1-3-6-13)9-17-22-14(11-27-17)12-28-19-24-23-18(29-19)20-10-15-7-4-8-26-15/h1-8,11H,9-10,12H2,(H,20,23)(H,21,25). The van der Waals surface area contributed by atoms with Crippen molar-refractivity contribution in [2.75, 3.05) is 10.6 Å². The molecule has 3 aromatic heterocycles. The fraction of sp³-hybridized carbons (Fsp3) is 0.158. The minimum atomic E-state index is -0.0684. The summed E-state index contributed by atoms with van der Waals surface area (Å²) in [5, 5.41) is 17.9. The summed E-state index contributed by atoms with van der Waals surface area (Å²) in [6.07, 6.45) is 1.91. The van der Waals surface area contributed by atoms with Crippen molar-refractivity contribution < 1.29 is 9.21 Å². The summed E-state index contributed by atoms with van der Waals surface area (Å²) >= 11 is 4.56. The number of anilines is 2. The second-order valence-electron chi connectivity index (χ2n) is 5.92. The molecule has 29 heavy (non-hydrogen) atoms. The number of hydrogen-bond donors (Lipinski definition) is 2. The monoisotopic (exact) mass is 443 g/mol. The lowest BCUT2D eigenvalue weighted by molar-refractivity contribution is -0.115. The van der Waals surface area contributed by atoms with Crippen LogP contribution in [0, 0.1) is 0 Å². The highest BCUT2D eigenvalue weighted by Crippen LogP contribution is 2.29. The van der Waals surface area contributed by atoms with E-state index in [2.05, 4.69) is 25.8 Å². The fourth-order valence-corrected chi connectivity index (χ4v) is 4.95. The molecule has 0 atom stereocenters. The molecule has 0 unspecified atom stereocenters. The van der Waals surface area contributed by atoms with Crippen molar-refractivity contribution in [2.24, 2.45) is 0 Å². The van der Waals surface area contributed by atoms with Crippen LogP contribution in [0.4, 0.5) is 10.8 Å². The maximum Gasteiger partial charge on any atom is 0.231 e. The quantitative estimate of drug-likeness (QED) is 0.363. The van der Waals surface area contributed by atoms with E-state index in [-0.39, 0.29) is 12.3 Å². The van der Waals surface area contributed by atoms with Gasteiger partial charge in [0.2, 0.25) is 11.0 Å². The van der Waals surface area contributed by atoms with E-state index >= 15 is 0 Å². The SMILES string of the molecule is O=C(Cc1nc(CSc2nnc(NCc3ccco3)s2)cs1)Nc1ccccc1. The number of thioether (sulfide) groups is 1. The number of carbonyl (C=O) groups is 1. The summed E-state index contributed by atoms with van der Waals surface area (Å²) in [7, 11) is 0. The molecule has 4 aromatic rings. The second-order valence-corrected chi connectivity index (χ2v) is 9.06. The van der Waals surface area contributed by atoms with Crippen LogP contribution < -0.4 is 10.6 Å². The molecule has 0 saturated heterocycles. The number of hydrogen-bond acceptors (Lipinski definition) is 9. The molecule has 10 heteroatoms. The molecule has 7 nitrogen and oxygen atoms in total. The van der Waals surface area contributed by atoms with Crippen LogP contribution in [-0.2, 0) is 23.5 Å². The number of thiazole rings is 1. The van der Waals surface area contributed by atoms with Gasteiger partial charge >= 0.3 is 0 Å². The Bertz CT molecular complexity index is 1050. The summed E-state index contributed by atoms with van der Waals surface area (Å²) in [4.78, 5) is 16.7. The van der Waals surface area contributed by atoms with Gasteiger partial charge in [0.25, 0.3) is 0 Å². The van der Waals surface area contributed by atoms with Gasteiger partial charge in [0, 0.05) is 16.8 Å². The van der Waals surface area contributed by atoms with E-state index < -0.39 is 0 Å². The minimum Gasteiger partial charge on any atom is -0.467 e. The van der Waals surface area contributed by atoms with Crippen molar-refractivity contribution in [1.82, 2.24) is 15.2 Å². The van der Waals surface area contributed by atoms with Gasteiger partial charge in [-0.25, -0.2) is 4.98 Å². The second kappa shape index (κ2) is 9.68. The number of aromatic nitrogens is 3. The Hall–Kier alpha value is -2.69. The molecule has 0 radical (unpaired) electrons. The van der Waals surface area contributed by atoms with Gasteiger partial charge in [0.15, 0.2) is 4.34 Å². The van der Waals surface area contributed by atoms with Gasteiger partial charge in [-0.1, -0.05) is 41.3 Å². The fourth-order valence-electron chi connectivity index (χ4n) is 2.41. The zero-order chi connectivity index (χ0) is 19.9. The van der Waals surface area contributed by atoms with Crippen molar-refractivity contribution in [3.05, 3.63) is 70.6 Å². The average Bonchev–Trinajstić information content (AvgIpc) is 3.48. The van der Waals surface area contributed by atoms with E-state index in [0.717, 1.165) is 31.6 Å². The number of rotatable bonds is 9. The Morgan fingerprint density at radius 2 is 2.03 bits per heavy atom. The van der Waals surface area contributed by atoms with Gasteiger partial charge in [-0.15, -0.1) is 21.5 Å². The van der Waals surface area contributed by atoms with Gasteiger partial charge in [-0.3, -0.25) is 4.79 Å². The highest BCUT2D eigenvalue weighted by Gasteiger charge is 2.10. The van der Waals surface area contributed by atoms with E-state index in [1.54, 1.807) is 18.0 Å². The number of carbonyl (C=O) groups excluding carboxylic acids is 1. The molecule has 0 aliphatic carbocycles. The molecular formula is C19H17N5O2S3. The van der Waals surface area contributed by atoms with E-state index in [4.69, 9.17) is 4.42 Å². The third-order valence-electron chi connectivity index (χ3n) is 3.71. The van der Waals surface area contributed by atoms with Crippen molar-refractivity contribution in [3.8, 4) is 0 Å². The lowest BCUT2D eigenvalue weighted by Gasteiger charge is -2.02. The topological polar surface area (TPSA) is 92.9 Å². The van der Waals surface area contributed by atoms with Crippen molar-refractivity contribution in [3.63, 3.8) is 0 Å². The van der Waals surface area contributed by atoms with Crippen molar-refractivity contribution in [2.45, 2.75) is 23.1 Å². The van der Waals surface area contributed by atoms with Crippen LogP contribution in [0.25, 0.3) is 0 Å². The zero-order valence-electron chi connectivity index (χ0n) is 15.2. The van der Waals surface area contributed by atoms with Crippen LogP contribution in [0.15, 0.2) is 62.9 Å². The highest BCUT2D eigenvalue weighted by molar-refractivity contribution is 8.00. The number of furan rings is 1. The van der Waals surface area contributed by atoms with E-state index in [0.29, 0.717) is 12.3 Å². The maximum absolute atomic E-state index is 12.1. The molecule has 3 heterocycles. The number of para-hydroxylation sites is 1. The average molecular weight is 444 g/mol. The molecule has 0 aliphatic rings. The lowest BCUT2D eigenvalue weighted by atomic mass is 10.3. The molecule has 0 fully saturated rings. The van der Waals surface area contributed by atoms with Crippen molar-refractivity contribution >= 4 is 51.2 Å². The number of benzene rings is 1. The first-order valence-corrected chi connectivity index (χ1v) is 11.4. The molecular weight excluding hydrogens is 426 g/mol. The molecule has 4 rings (SSSR count). The molecule has 1 amide bonds. The number of nitrogens with zero attached hydrogens (tertiary/aromatic N) is 3. The Morgan fingerprint density at radius 3 is 2.86 bits per heavy atom. The first-order valence-electron chi connectivity index (χ1n) is 8.75. The van der Waals surface area contributed by atoms with Crippen LogP contribution in [-0.4, -0.2) is 21.1 Å². The molecule has 0 saturated carbocycles. The van der Waals surface area contributed by atoms with E-state index in [1.165, 1.54) is 22.7 Å². The molecule has 148 valence electrons.